The lowest BCUT2D eigenvalue weighted by atomic mass is 10.0. The quantitative estimate of drug-likeness (QED) is 0.100. The van der Waals surface area contributed by atoms with E-state index in [0.29, 0.717) is 11.6 Å². The van der Waals surface area contributed by atoms with Crippen LogP contribution in [0.5, 0.6) is 0 Å². The Labute approximate surface area is 214 Å². The summed E-state index contributed by atoms with van der Waals surface area (Å²) in [5.74, 6) is 0.845. The summed E-state index contributed by atoms with van der Waals surface area (Å²) in [6.07, 6.45) is 35.6. The van der Waals surface area contributed by atoms with Crippen LogP contribution >= 0.6 is 0 Å². The number of carbonyl (C=O) groups excluding carboxylic acids is 2. The van der Waals surface area contributed by atoms with Gasteiger partial charge in [0.05, 0.1) is 0 Å². The molecule has 0 fully saturated rings. The van der Waals surface area contributed by atoms with Gasteiger partial charge in [0.15, 0.2) is 0 Å². The van der Waals surface area contributed by atoms with Gasteiger partial charge in [0, 0.05) is 19.3 Å². The third kappa shape index (κ3) is 29.4. The van der Waals surface area contributed by atoms with Crippen molar-refractivity contribution < 1.29 is 9.59 Å². The van der Waals surface area contributed by atoms with Crippen LogP contribution < -0.4 is 0 Å². The van der Waals surface area contributed by atoms with Crippen LogP contribution in [0.15, 0.2) is 0 Å². The first-order valence-electron chi connectivity index (χ1n) is 15.7. The highest BCUT2D eigenvalue weighted by molar-refractivity contribution is 5.78. The Bertz CT molecular complexity index is 429. The van der Waals surface area contributed by atoms with Gasteiger partial charge in [0.25, 0.3) is 0 Å². The Morgan fingerprint density at radius 3 is 0.853 bits per heavy atom. The summed E-state index contributed by atoms with van der Waals surface area (Å²) in [5.41, 5.74) is 0. The molecule has 0 aromatic carbocycles. The Kier molecular flexibility index (Phi) is 28.0. The van der Waals surface area contributed by atoms with Crippen LogP contribution in [0.25, 0.3) is 0 Å². The second-order valence-electron chi connectivity index (χ2n) is 11.0. The summed E-state index contributed by atoms with van der Waals surface area (Å²) >= 11 is 0. The minimum absolute atomic E-state index is 0.336. The molecule has 0 aliphatic carbocycles. The number of unbranched alkanes of at least 4 members (excludes halogenated alkanes) is 23. The molecule has 0 radical (unpaired) electrons. The summed E-state index contributed by atoms with van der Waals surface area (Å²) in [5, 5.41) is 0. The van der Waals surface area contributed by atoms with Gasteiger partial charge in [0.2, 0.25) is 0 Å². The normalized spacial score (nSPS) is 11.2. The number of hydrogen-bond acceptors (Lipinski definition) is 2. The Morgan fingerprint density at radius 2 is 0.588 bits per heavy atom. The van der Waals surface area contributed by atoms with E-state index >= 15 is 0 Å². The maximum atomic E-state index is 12.1. The monoisotopic (exact) mass is 478 g/mol. The summed E-state index contributed by atoms with van der Waals surface area (Å²) in [4.78, 5) is 22.9. The first-order chi connectivity index (χ1) is 16.7. The lowest BCUT2D eigenvalue weighted by Gasteiger charge is -2.04. The highest BCUT2D eigenvalue weighted by Crippen LogP contribution is 2.15. The van der Waals surface area contributed by atoms with Crippen molar-refractivity contribution >= 4 is 11.6 Å². The Morgan fingerprint density at radius 1 is 0.353 bits per heavy atom. The lowest BCUT2D eigenvalue weighted by molar-refractivity contribution is -0.119. The van der Waals surface area contributed by atoms with E-state index in [9.17, 15) is 9.59 Å². The van der Waals surface area contributed by atoms with E-state index in [1.54, 1.807) is 6.92 Å². The van der Waals surface area contributed by atoms with E-state index in [1.807, 2.05) is 0 Å². The predicted molar refractivity (Wildman–Crippen MR) is 151 cm³/mol. The summed E-state index contributed by atoms with van der Waals surface area (Å²) in [7, 11) is 0. The first kappa shape index (κ1) is 33.3. The zero-order chi connectivity index (χ0) is 25.0. The number of carbonyl (C=O) groups is 2. The number of hydrogen-bond donors (Lipinski definition) is 0. The van der Waals surface area contributed by atoms with E-state index in [4.69, 9.17) is 0 Å². The largest absolute Gasteiger partial charge is 0.300 e. The van der Waals surface area contributed by atoms with Crippen molar-refractivity contribution in [3.05, 3.63) is 0 Å². The van der Waals surface area contributed by atoms with Crippen LogP contribution in [0.2, 0.25) is 0 Å². The molecule has 0 aromatic heterocycles. The van der Waals surface area contributed by atoms with Crippen LogP contribution in [-0.2, 0) is 9.59 Å². The summed E-state index contributed by atoms with van der Waals surface area (Å²) in [6, 6.07) is 0. The van der Waals surface area contributed by atoms with E-state index < -0.39 is 0 Å². The van der Waals surface area contributed by atoms with Crippen LogP contribution in [0.3, 0.4) is 0 Å². The highest BCUT2D eigenvalue weighted by atomic mass is 16.1. The van der Waals surface area contributed by atoms with E-state index in [0.717, 1.165) is 38.5 Å². The molecule has 0 heterocycles. The highest BCUT2D eigenvalue weighted by Gasteiger charge is 2.02. The molecule has 2 nitrogen and oxygen atoms in total. The number of ketones is 2. The van der Waals surface area contributed by atoms with Crippen molar-refractivity contribution in [2.24, 2.45) is 0 Å². The van der Waals surface area contributed by atoms with E-state index in [2.05, 4.69) is 6.92 Å². The van der Waals surface area contributed by atoms with Gasteiger partial charge < -0.3 is 4.79 Å². The van der Waals surface area contributed by atoms with Gasteiger partial charge in [-0.05, 0) is 26.2 Å². The molecule has 0 atom stereocenters. The van der Waals surface area contributed by atoms with E-state index in [1.165, 1.54) is 141 Å². The van der Waals surface area contributed by atoms with Gasteiger partial charge in [-0.25, -0.2) is 0 Å². The van der Waals surface area contributed by atoms with Gasteiger partial charge in [-0.3, -0.25) is 4.79 Å². The minimum atomic E-state index is 0.336. The summed E-state index contributed by atoms with van der Waals surface area (Å²) < 4.78 is 0. The molecular formula is C32H62O2. The van der Waals surface area contributed by atoms with Gasteiger partial charge in [-0.2, -0.15) is 0 Å². The molecule has 2 heteroatoms. The number of rotatable bonds is 29. The van der Waals surface area contributed by atoms with Crippen molar-refractivity contribution in [3.63, 3.8) is 0 Å². The van der Waals surface area contributed by atoms with Crippen molar-refractivity contribution in [3.8, 4) is 0 Å². The van der Waals surface area contributed by atoms with Crippen LogP contribution in [0.1, 0.15) is 194 Å². The zero-order valence-corrected chi connectivity index (χ0v) is 23.6. The molecule has 0 aliphatic heterocycles. The fourth-order valence-corrected chi connectivity index (χ4v) is 4.93. The molecular weight excluding hydrogens is 416 g/mol. The zero-order valence-electron chi connectivity index (χ0n) is 23.6. The van der Waals surface area contributed by atoms with E-state index in [-0.39, 0.29) is 0 Å². The van der Waals surface area contributed by atoms with Crippen molar-refractivity contribution in [1.29, 1.82) is 0 Å². The maximum Gasteiger partial charge on any atom is 0.132 e. The smallest absolute Gasteiger partial charge is 0.132 e. The molecule has 34 heavy (non-hydrogen) atoms. The second kappa shape index (κ2) is 28.6. The van der Waals surface area contributed by atoms with Crippen molar-refractivity contribution in [1.82, 2.24) is 0 Å². The fraction of sp³-hybridized carbons (Fsp3) is 0.938. The fourth-order valence-electron chi connectivity index (χ4n) is 4.93. The van der Waals surface area contributed by atoms with Crippen molar-refractivity contribution in [2.75, 3.05) is 0 Å². The third-order valence-electron chi connectivity index (χ3n) is 7.29. The SMILES string of the molecule is CCCCCCCCCCCCCC(=O)CCCCCCCCCCCCCCCCC(C)=O. The number of Topliss-reactive ketones (excluding diaryl/α,β-unsaturated/α-hetero) is 2. The lowest BCUT2D eigenvalue weighted by Crippen LogP contribution is -1.97. The van der Waals surface area contributed by atoms with Crippen LogP contribution in [0.4, 0.5) is 0 Å². The molecule has 0 bridgehead atoms. The molecule has 0 amide bonds. The first-order valence-corrected chi connectivity index (χ1v) is 15.7. The van der Waals surface area contributed by atoms with Crippen LogP contribution in [-0.4, -0.2) is 11.6 Å². The molecule has 0 N–H and O–H groups in total. The average molecular weight is 479 g/mol. The van der Waals surface area contributed by atoms with Gasteiger partial charge >= 0.3 is 0 Å². The van der Waals surface area contributed by atoms with Crippen molar-refractivity contribution in [2.45, 2.75) is 194 Å². The molecule has 0 aromatic rings. The second-order valence-corrected chi connectivity index (χ2v) is 11.0. The molecule has 0 saturated heterocycles. The Balaban J connectivity index is 3.15. The topological polar surface area (TPSA) is 34.1 Å². The average Bonchev–Trinajstić information content (AvgIpc) is 2.82. The summed E-state index contributed by atoms with van der Waals surface area (Å²) in [6.45, 7) is 3.97. The van der Waals surface area contributed by atoms with Gasteiger partial charge in [0.1, 0.15) is 11.6 Å². The minimum Gasteiger partial charge on any atom is -0.300 e. The third-order valence-corrected chi connectivity index (χ3v) is 7.29. The standard InChI is InChI=1S/C32H62O2/c1-3-4-5-6-7-8-13-17-20-23-26-29-32(34)30-27-24-21-18-15-12-10-9-11-14-16-19-22-25-28-31(2)33/h3-30H2,1-2H3. The molecule has 0 saturated carbocycles. The molecule has 0 aliphatic rings. The Hall–Kier alpha value is -0.660. The maximum absolute atomic E-state index is 12.1. The molecule has 0 unspecified atom stereocenters. The van der Waals surface area contributed by atoms with Gasteiger partial charge in [-0.1, -0.05) is 148 Å². The van der Waals surface area contributed by atoms with Gasteiger partial charge in [-0.15, -0.1) is 0 Å². The van der Waals surface area contributed by atoms with Crippen LogP contribution in [0, 0.1) is 0 Å². The predicted octanol–water partition coefficient (Wildman–Crippen LogP) is 11.1. The molecule has 202 valence electrons. The molecule has 0 rings (SSSR count). The molecule has 0 spiro atoms.